The number of ether oxygens (including phenoxy) is 2. The fourth-order valence-electron chi connectivity index (χ4n) is 1.81. The first kappa shape index (κ1) is 16.8. The van der Waals surface area contributed by atoms with Gasteiger partial charge in [0, 0.05) is 11.6 Å². The van der Waals surface area contributed by atoms with Crippen molar-refractivity contribution < 1.29 is 19.1 Å². The van der Waals surface area contributed by atoms with Crippen molar-refractivity contribution in [1.29, 1.82) is 0 Å². The monoisotopic (exact) mass is 333 g/mol. The van der Waals surface area contributed by atoms with Crippen LogP contribution in [-0.2, 0) is 16.1 Å². The third-order valence-electron chi connectivity index (χ3n) is 3.05. The quantitative estimate of drug-likeness (QED) is 0.826. The Morgan fingerprint density at radius 1 is 1.04 bits per heavy atom. The zero-order chi connectivity index (χ0) is 16.7. The molecule has 0 bridgehead atoms. The molecule has 0 aliphatic rings. The highest BCUT2D eigenvalue weighted by Gasteiger charge is 2.06. The summed E-state index contributed by atoms with van der Waals surface area (Å²) in [5.41, 5.74) is 1.34. The Morgan fingerprint density at radius 3 is 2.30 bits per heavy atom. The summed E-state index contributed by atoms with van der Waals surface area (Å²) in [7, 11) is 1.33. The van der Waals surface area contributed by atoms with Crippen molar-refractivity contribution in [3.63, 3.8) is 0 Å². The topological polar surface area (TPSA) is 64.6 Å². The lowest BCUT2D eigenvalue weighted by atomic mass is 10.1. The smallest absolute Gasteiger partial charge is 0.337 e. The Labute approximate surface area is 139 Å². The molecule has 0 spiro atoms. The summed E-state index contributed by atoms with van der Waals surface area (Å²) in [6, 6.07) is 13.6. The van der Waals surface area contributed by atoms with E-state index in [9.17, 15) is 9.59 Å². The van der Waals surface area contributed by atoms with Crippen molar-refractivity contribution in [2.24, 2.45) is 0 Å². The Bertz CT molecular complexity index is 668. The maximum Gasteiger partial charge on any atom is 0.337 e. The van der Waals surface area contributed by atoms with Gasteiger partial charge in [0.05, 0.1) is 12.7 Å². The fraction of sp³-hybridized carbons (Fsp3) is 0.176. The third-order valence-corrected chi connectivity index (χ3v) is 3.30. The number of carbonyl (C=O) groups excluding carboxylic acids is 2. The Balaban J connectivity index is 1.77. The summed E-state index contributed by atoms with van der Waals surface area (Å²) >= 11 is 5.77. The number of esters is 1. The molecule has 120 valence electrons. The number of benzene rings is 2. The van der Waals surface area contributed by atoms with Crippen molar-refractivity contribution in [3.8, 4) is 5.75 Å². The molecule has 1 N–H and O–H groups in total. The SMILES string of the molecule is COC(=O)c1ccc(CNC(=O)COc2ccc(Cl)cc2)cc1. The van der Waals surface area contributed by atoms with Gasteiger partial charge in [0.25, 0.3) is 5.91 Å². The molecule has 5 nitrogen and oxygen atoms in total. The largest absolute Gasteiger partial charge is 0.484 e. The summed E-state index contributed by atoms with van der Waals surface area (Å²) in [6.07, 6.45) is 0. The number of amides is 1. The predicted octanol–water partition coefficient (Wildman–Crippen LogP) is 2.82. The highest BCUT2D eigenvalue weighted by molar-refractivity contribution is 6.30. The van der Waals surface area contributed by atoms with E-state index in [0.717, 1.165) is 5.56 Å². The van der Waals surface area contributed by atoms with Crippen molar-refractivity contribution in [1.82, 2.24) is 5.32 Å². The number of methoxy groups -OCH3 is 1. The van der Waals surface area contributed by atoms with Gasteiger partial charge in [-0.2, -0.15) is 0 Å². The molecule has 0 atom stereocenters. The number of nitrogens with one attached hydrogen (secondary N) is 1. The van der Waals surface area contributed by atoms with E-state index in [0.29, 0.717) is 22.9 Å². The lowest BCUT2D eigenvalue weighted by Gasteiger charge is -2.08. The number of carbonyl (C=O) groups is 2. The molecule has 23 heavy (non-hydrogen) atoms. The van der Waals surface area contributed by atoms with Crippen LogP contribution in [0.4, 0.5) is 0 Å². The van der Waals surface area contributed by atoms with Crippen LogP contribution in [-0.4, -0.2) is 25.6 Å². The Morgan fingerprint density at radius 2 is 1.70 bits per heavy atom. The minimum Gasteiger partial charge on any atom is -0.484 e. The standard InChI is InChI=1S/C17H16ClNO4/c1-22-17(21)13-4-2-12(3-5-13)10-19-16(20)11-23-15-8-6-14(18)7-9-15/h2-9H,10-11H2,1H3,(H,19,20). The molecule has 0 aliphatic carbocycles. The van der Waals surface area contributed by atoms with Crippen LogP contribution in [0, 0.1) is 0 Å². The summed E-state index contributed by atoms with van der Waals surface area (Å²) in [4.78, 5) is 23.1. The van der Waals surface area contributed by atoms with Gasteiger partial charge in [-0.15, -0.1) is 0 Å². The minimum absolute atomic E-state index is 0.0815. The molecule has 0 saturated carbocycles. The normalized spacial score (nSPS) is 10.0. The highest BCUT2D eigenvalue weighted by Crippen LogP contribution is 2.15. The number of halogens is 1. The molecule has 0 saturated heterocycles. The van der Waals surface area contributed by atoms with E-state index in [-0.39, 0.29) is 12.5 Å². The van der Waals surface area contributed by atoms with E-state index in [4.69, 9.17) is 16.3 Å². The van der Waals surface area contributed by atoms with Gasteiger partial charge < -0.3 is 14.8 Å². The van der Waals surface area contributed by atoms with Gasteiger partial charge in [0.15, 0.2) is 6.61 Å². The Hall–Kier alpha value is -2.53. The molecular weight excluding hydrogens is 318 g/mol. The molecule has 0 fully saturated rings. The van der Waals surface area contributed by atoms with Crippen LogP contribution in [0.3, 0.4) is 0 Å². The molecule has 0 radical (unpaired) electrons. The van der Waals surface area contributed by atoms with Gasteiger partial charge in [0.2, 0.25) is 0 Å². The molecule has 6 heteroatoms. The first-order valence-corrected chi connectivity index (χ1v) is 7.28. The fourth-order valence-corrected chi connectivity index (χ4v) is 1.93. The van der Waals surface area contributed by atoms with Crippen LogP contribution in [0.25, 0.3) is 0 Å². The van der Waals surface area contributed by atoms with E-state index in [2.05, 4.69) is 10.1 Å². The molecule has 2 aromatic carbocycles. The van der Waals surface area contributed by atoms with Gasteiger partial charge in [-0.3, -0.25) is 4.79 Å². The minimum atomic E-state index is -0.392. The van der Waals surface area contributed by atoms with E-state index in [1.165, 1.54) is 7.11 Å². The van der Waals surface area contributed by atoms with Crippen molar-refractivity contribution >= 4 is 23.5 Å². The van der Waals surface area contributed by atoms with Crippen LogP contribution < -0.4 is 10.1 Å². The zero-order valence-corrected chi connectivity index (χ0v) is 13.3. The van der Waals surface area contributed by atoms with Crippen molar-refractivity contribution in [2.45, 2.75) is 6.54 Å². The number of hydrogen-bond acceptors (Lipinski definition) is 4. The molecule has 2 aromatic rings. The van der Waals surface area contributed by atoms with Crippen molar-refractivity contribution in [2.75, 3.05) is 13.7 Å². The van der Waals surface area contributed by atoms with Crippen LogP contribution in [0.2, 0.25) is 5.02 Å². The van der Waals surface area contributed by atoms with Gasteiger partial charge in [0.1, 0.15) is 5.75 Å². The first-order valence-electron chi connectivity index (χ1n) is 6.91. The lowest BCUT2D eigenvalue weighted by molar-refractivity contribution is -0.123. The van der Waals surface area contributed by atoms with Gasteiger partial charge in [-0.1, -0.05) is 23.7 Å². The number of hydrogen-bond donors (Lipinski definition) is 1. The maximum absolute atomic E-state index is 11.7. The van der Waals surface area contributed by atoms with E-state index in [1.807, 2.05) is 0 Å². The Kier molecular flexibility index (Phi) is 6.00. The second kappa shape index (κ2) is 8.19. The third kappa shape index (κ3) is 5.30. The van der Waals surface area contributed by atoms with Crippen molar-refractivity contribution in [3.05, 3.63) is 64.7 Å². The molecule has 0 unspecified atom stereocenters. The molecule has 2 rings (SSSR count). The molecule has 0 aliphatic heterocycles. The second-order valence-electron chi connectivity index (χ2n) is 4.71. The van der Waals surface area contributed by atoms with E-state index < -0.39 is 5.97 Å². The summed E-state index contributed by atoms with van der Waals surface area (Å²) in [6.45, 7) is 0.270. The summed E-state index contributed by atoms with van der Waals surface area (Å²) in [5, 5.41) is 3.35. The van der Waals surface area contributed by atoms with Gasteiger partial charge in [-0.25, -0.2) is 4.79 Å². The predicted molar refractivity (Wildman–Crippen MR) is 86.6 cm³/mol. The summed E-state index contributed by atoms with van der Waals surface area (Å²) in [5.74, 6) is -0.0547. The van der Waals surface area contributed by atoms with Crippen LogP contribution >= 0.6 is 11.6 Å². The molecule has 0 heterocycles. The molecular formula is C17H16ClNO4. The van der Waals surface area contributed by atoms with Crippen LogP contribution in [0.5, 0.6) is 5.75 Å². The zero-order valence-electron chi connectivity index (χ0n) is 12.5. The van der Waals surface area contributed by atoms with Gasteiger partial charge in [-0.05, 0) is 42.0 Å². The average molecular weight is 334 g/mol. The number of rotatable bonds is 6. The molecule has 1 amide bonds. The highest BCUT2D eigenvalue weighted by atomic mass is 35.5. The summed E-state index contributed by atoms with van der Waals surface area (Å²) < 4.78 is 9.97. The van der Waals surface area contributed by atoms with Gasteiger partial charge >= 0.3 is 5.97 Å². The first-order chi connectivity index (χ1) is 11.1. The van der Waals surface area contributed by atoms with E-state index >= 15 is 0 Å². The van der Waals surface area contributed by atoms with Crippen LogP contribution in [0.1, 0.15) is 15.9 Å². The average Bonchev–Trinajstić information content (AvgIpc) is 2.59. The maximum atomic E-state index is 11.7. The lowest BCUT2D eigenvalue weighted by Crippen LogP contribution is -2.28. The van der Waals surface area contributed by atoms with Crippen LogP contribution in [0.15, 0.2) is 48.5 Å². The van der Waals surface area contributed by atoms with E-state index in [1.54, 1.807) is 48.5 Å². The second-order valence-corrected chi connectivity index (χ2v) is 5.14. The molecule has 0 aromatic heterocycles.